The Hall–Kier alpha value is -3.28. The van der Waals surface area contributed by atoms with Crippen molar-refractivity contribution in [2.45, 2.75) is 52.0 Å². The number of aryl methyl sites for hydroxylation is 1. The molecular weight excluding hydrogens is 386 g/mol. The number of anilines is 2. The molecule has 1 saturated carbocycles. The maximum absolute atomic E-state index is 12.9. The van der Waals surface area contributed by atoms with Crippen LogP contribution in [0.25, 0.3) is 11.3 Å². The molecule has 2 N–H and O–H groups in total. The summed E-state index contributed by atoms with van der Waals surface area (Å²) in [7, 11) is 0. The van der Waals surface area contributed by atoms with Crippen LogP contribution in [0.15, 0.2) is 55.1 Å². The summed E-state index contributed by atoms with van der Waals surface area (Å²) in [6.45, 7) is 4.14. The minimum Gasteiger partial charge on any atom is -0.349 e. The van der Waals surface area contributed by atoms with E-state index in [1.807, 2.05) is 43.3 Å². The number of hydrogen-bond donors (Lipinski definition) is 2. The highest BCUT2D eigenvalue weighted by atomic mass is 16.1. The summed E-state index contributed by atoms with van der Waals surface area (Å²) in [6.07, 6.45) is 11.2. The van der Waals surface area contributed by atoms with E-state index < -0.39 is 0 Å². The smallest absolute Gasteiger partial charge is 0.251 e. The molecule has 0 spiro atoms. The zero-order valence-corrected chi connectivity index (χ0v) is 18.1. The Morgan fingerprint density at radius 3 is 2.68 bits per heavy atom. The molecule has 0 radical (unpaired) electrons. The molecule has 0 unspecified atom stereocenters. The van der Waals surface area contributed by atoms with Crippen molar-refractivity contribution in [3.63, 3.8) is 0 Å². The Morgan fingerprint density at radius 1 is 1.06 bits per heavy atom. The molecule has 1 aromatic carbocycles. The number of aromatic nitrogens is 3. The Balaban J connectivity index is 1.53. The summed E-state index contributed by atoms with van der Waals surface area (Å²) in [5.74, 6) is 1.24. The number of nitrogens with zero attached hydrogens (tertiary/aromatic N) is 3. The van der Waals surface area contributed by atoms with Crippen molar-refractivity contribution in [1.82, 2.24) is 20.3 Å². The Labute approximate surface area is 183 Å². The lowest BCUT2D eigenvalue weighted by Gasteiger charge is -2.28. The van der Waals surface area contributed by atoms with E-state index in [4.69, 9.17) is 0 Å². The van der Waals surface area contributed by atoms with Crippen molar-refractivity contribution in [3.05, 3.63) is 66.2 Å². The number of pyridine rings is 1. The Kier molecular flexibility index (Phi) is 6.55. The second-order valence-electron chi connectivity index (χ2n) is 8.31. The summed E-state index contributed by atoms with van der Waals surface area (Å²) in [5, 5.41) is 6.61. The zero-order valence-electron chi connectivity index (χ0n) is 18.1. The van der Waals surface area contributed by atoms with Gasteiger partial charge in [-0.3, -0.25) is 4.79 Å². The number of benzene rings is 1. The van der Waals surface area contributed by atoms with Gasteiger partial charge in [0.2, 0.25) is 0 Å². The van der Waals surface area contributed by atoms with Crippen LogP contribution in [0.5, 0.6) is 0 Å². The standard InChI is InChI=1S/C25H29N5O/c1-17-10-11-20(25(31)29-18(2)19-7-4-3-5-8-19)15-23(17)30-24-21(9-6-13-27-24)22-12-14-26-16-28-22/h6,9-16,18-19H,3-5,7-8H2,1-2H3,(H,27,30)(H,29,31)/t18-/m0/s1. The largest absolute Gasteiger partial charge is 0.349 e. The molecular formula is C25H29N5O. The van der Waals surface area contributed by atoms with Crippen LogP contribution in [0.1, 0.15) is 54.9 Å². The maximum atomic E-state index is 12.9. The normalized spacial score (nSPS) is 15.3. The van der Waals surface area contributed by atoms with Crippen molar-refractivity contribution in [1.29, 1.82) is 0 Å². The van der Waals surface area contributed by atoms with E-state index in [-0.39, 0.29) is 11.9 Å². The monoisotopic (exact) mass is 415 g/mol. The lowest BCUT2D eigenvalue weighted by molar-refractivity contribution is 0.0919. The predicted octanol–water partition coefficient (Wildman–Crippen LogP) is 5.29. The summed E-state index contributed by atoms with van der Waals surface area (Å²) < 4.78 is 0. The fourth-order valence-electron chi connectivity index (χ4n) is 4.23. The highest BCUT2D eigenvalue weighted by molar-refractivity contribution is 5.96. The van der Waals surface area contributed by atoms with Gasteiger partial charge < -0.3 is 10.6 Å². The van der Waals surface area contributed by atoms with Crippen LogP contribution in [0.4, 0.5) is 11.5 Å². The summed E-state index contributed by atoms with van der Waals surface area (Å²) in [6, 6.07) is 11.6. The van der Waals surface area contributed by atoms with Crippen molar-refractivity contribution >= 4 is 17.4 Å². The lowest BCUT2D eigenvalue weighted by atomic mass is 9.84. The van der Waals surface area contributed by atoms with Gasteiger partial charge in [0, 0.05) is 35.2 Å². The highest BCUT2D eigenvalue weighted by Crippen LogP contribution is 2.29. The van der Waals surface area contributed by atoms with Crippen LogP contribution in [0, 0.1) is 12.8 Å². The molecule has 1 aliphatic carbocycles. The van der Waals surface area contributed by atoms with Gasteiger partial charge in [-0.15, -0.1) is 0 Å². The van der Waals surface area contributed by atoms with E-state index in [1.165, 1.54) is 38.4 Å². The first-order valence-corrected chi connectivity index (χ1v) is 11.0. The molecule has 1 fully saturated rings. The van der Waals surface area contributed by atoms with Gasteiger partial charge in [0.1, 0.15) is 12.1 Å². The van der Waals surface area contributed by atoms with Crippen molar-refractivity contribution < 1.29 is 4.79 Å². The fraction of sp³-hybridized carbons (Fsp3) is 0.360. The molecule has 0 saturated heterocycles. The second-order valence-corrected chi connectivity index (χ2v) is 8.31. The summed E-state index contributed by atoms with van der Waals surface area (Å²) in [4.78, 5) is 25.8. The molecule has 0 aliphatic heterocycles. The Bertz CT molecular complexity index is 1030. The van der Waals surface area contributed by atoms with Crippen LogP contribution in [-0.4, -0.2) is 26.9 Å². The zero-order chi connectivity index (χ0) is 21.6. The van der Waals surface area contributed by atoms with Crippen LogP contribution >= 0.6 is 0 Å². The van der Waals surface area contributed by atoms with Crippen LogP contribution in [0.2, 0.25) is 0 Å². The maximum Gasteiger partial charge on any atom is 0.251 e. The molecule has 1 atom stereocenters. The molecule has 160 valence electrons. The average molecular weight is 416 g/mol. The van der Waals surface area contributed by atoms with Crippen molar-refractivity contribution in [3.8, 4) is 11.3 Å². The van der Waals surface area contributed by atoms with Gasteiger partial charge in [-0.05, 0) is 68.5 Å². The number of hydrogen-bond acceptors (Lipinski definition) is 5. The van der Waals surface area contributed by atoms with Gasteiger partial charge in [-0.1, -0.05) is 25.3 Å². The SMILES string of the molecule is Cc1ccc(C(=O)N[C@@H](C)C2CCCCC2)cc1Nc1ncccc1-c1ccncn1. The molecule has 31 heavy (non-hydrogen) atoms. The molecule has 0 bridgehead atoms. The van der Waals surface area contributed by atoms with Crippen LogP contribution in [-0.2, 0) is 0 Å². The molecule has 4 rings (SSSR count). The van der Waals surface area contributed by atoms with Gasteiger partial charge in [0.15, 0.2) is 0 Å². The third kappa shape index (κ3) is 5.08. The van der Waals surface area contributed by atoms with Crippen LogP contribution < -0.4 is 10.6 Å². The fourth-order valence-corrected chi connectivity index (χ4v) is 4.23. The number of carbonyl (C=O) groups is 1. The average Bonchev–Trinajstić information content (AvgIpc) is 2.82. The van der Waals surface area contributed by atoms with E-state index in [2.05, 4.69) is 32.5 Å². The van der Waals surface area contributed by atoms with E-state index in [0.717, 1.165) is 22.5 Å². The molecule has 1 amide bonds. The predicted molar refractivity (Wildman–Crippen MR) is 123 cm³/mol. The van der Waals surface area contributed by atoms with Crippen LogP contribution in [0.3, 0.4) is 0 Å². The first-order valence-electron chi connectivity index (χ1n) is 11.0. The number of carbonyl (C=O) groups excluding carboxylic acids is 1. The first kappa shape index (κ1) is 21.0. The third-order valence-corrected chi connectivity index (χ3v) is 6.13. The van der Waals surface area contributed by atoms with E-state index in [0.29, 0.717) is 17.3 Å². The number of amides is 1. The lowest BCUT2D eigenvalue weighted by Crippen LogP contribution is -2.38. The number of rotatable bonds is 6. The number of nitrogens with one attached hydrogen (secondary N) is 2. The van der Waals surface area contributed by atoms with E-state index in [9.17, 15) is 4.79 Å². The summed E-state index contributed by atoms with van der Waals surface area (Å²) in [5.41, 5.74) is 4.21. The molecule has 2 aromatic heterocycles. The molecule has 6 nitrogen and oxygen atoms in total. The van der Waals surface area contributed by atoms with Crippen molar-refractivity contribution in [2.24, 2.45) is 5.92 Å². The second kappa shape index (κ2) is 9.69. The first-order chi connectivity index (χ1) is 15.1. The van der Waals surface area contributed by atoms with Gasteiger partial charge in [-0.2, -0.15) is 0 Å². The van der Waals surface area contributed by atoms with Gasteiger partial charge in [-0.25, -0.2) is 15.0 Å². The van der Waals surface area contributed by atoms with E-state index >= 15 is 0 Å². The van der Waals surface area contributed by atoms with E-state index in [1.54, 1.807) is 12.4 Å². The molecule has 2 heterocycles. The minimum atomic E-state index is -0.0295. The molecule has 6 heteroatoms. The third-order valence-electron chi connectivity index (χ3n) is 6.13. The summed E-state index contributed by atoms with van der Waals surface area (Å²) >= 11 is 0. The molecule has 3 aromatic rings. The van der Waals surface area contributed by atoms with Crippen molar-refractivity contribution in [2.75, 3.05) is 5.32 Å². The van der Waals surface area contributed by atoms with Gasteiger partial charge in [0.05, 0.1) is 5.69 Å². The Morgan fingerprint density at radius 2 is 1.90 bits per heavy atom. The van der Waals surface area contributed by atoms with Gasteiger partial charge in [0.25, 0.3) is 5.91 Å². The van der Waals surface area contributed by atoms with Gasteiger partial charge >= 0.3 is 0 Å². The topological polar surface area (TPSA) is 79.8 Å². The highest BCUT2D eigenvalue weighted by Gasteiger charge is 2.22. The minimum absolute atomic E-state index is 0.0295. The quantitative estimate of drug-likeness (QED) is 0.572. The molecule has 1 aliphatic rings.